The molecule has 0 aliphatic heterocycles. The van der Waals surface area contributed by atoms with Crippen LogP contribution in [0.15, 0.2) is 12.1 Å². The Morgan fingerprint density at radius 3 is 2.87 bits per heavy atom. The summed E-state index contributed by atoms with van der Waals surface area (Å²) >= 11 is 0. The minimum atomic E-state index is -0.903. The fourth-order valence-corrected chi connectivity index (χ4v) is 1.12. The van der Waals surface area contributed by atoms with E-state index in [9.17, 15) is 9.18 Å². The Labute approximate surface area is 86.7 Å². The van der Waals surface area contributed by atoms with Crippen LogP contribution < -0.4 is 4.74 Å². The molecule has 0 spiro atoms. The number of hydrogen-bond donors (Lipinski definition) is 1. The van der Waals surface area contributed by atoms with Gasteiger partial charge in [-0.1, -0.05) is 6.92 Å². The van der Waals surface area contributed by atoms with Crippen LogP contribution in [0.2, 0.25) is 0 Å². The fraction of sp³-hybridized carbons (Fsp3) is 0.400. The molecule has 1 atom stereocenters. The monoisotopic (exact) mass is 213 g/mol. The van der Waals surface area contributed by atoms with Gasteiger partial charge in [-0.15, -0.1) is 0 Å². The minimum absolute atomic E-state index is 0.106. The highest BCUT2D eigenvalue weighted by molar-refractivity contribution is 5.69. The standard InChI is InChI=1S/C10H12FNO3/c1-6(10(13)14)5-7-3-4-8(11)9(12-7)15-2/h3-4,6H,5H2,1-2H3,(H,13,14). The van der Waals surface area contributed by atoms with Crippen LogP contribution in [0.25, 0.3) is 0 Å². The average Bonchev–Trinajstić information content (AvgIpc) is 2.20. The van der Waals surface area contributed by atoms with Gasteiger partial charge in [0.2, 0.25) is 5.88 Å². The van der Waals surface area contributed by atoms with Crippen LogP contribution in [0.3, 0.4) is 0 Å². The molecule has 1 aromatic rings. The van der Waals surface area contributed by atoms with Crippen LogP contribution in [0.1, 0.15) is 12.6 Å². The van der Waals surface area contributed by atoms with Crippen molar-refractivity contribution in [2.24, 2.45) is 5.92 Å². The molecular formula is C10H12FNO3. The quantitative estimate of drug-likeness (QED) is 0.823. The summed E-state index contributed by atoms with van der Waals surface area (Å²) in [6.45, 7) is 1.57. The number of ether oxygens (including phenoxy) is 1. The van der Waals surface area contributed by atoms with Gasteiger partial charge in [0, 0.05) is 12.1 Å². The van der Waals surface area contributed by atoms with Crippen molar-refractivity contribution in [3.63, 3.8) is 0 Å². The van der Waals surface area contributed by atoms with Crippen LogP contribution in [0.5, 0.6) is 5.88 Å². The number of methoxy groups -OCH3 is 1. The van der Waals surface area contributed by atoms with Crippen LogP contribution in [0.4, 0.5) is 4.39 Å². The van der Waals surface area contributed by atoms with Gasteiger partial charge < -0.3 is 9.84 Å². The Balaban J connectivity index is 2.83. The normalized spacial score (nSPS) is 12.2. The molecule has 5 heteroatoms. The third-order valence-electron chi connectivity index (χ3n) is 2.00. The van der Waals surface area contributed by atoms with E-state index in [0.717, 1.165) is 0 Å². The molecule has 0 saturated heterocycles. The number of nitrogens with zero attached hydrogens (tertiary/aromatic N) is 1. The predicted molar refractivity (Wildman–Crippen MR) is 51.3 cm³/mol. The van der Waals surface area contributed by atoms with Gasteiger partial charge in [-0.3, -0.25) is 4.79 Å². The molecule has 0 fully saturated rings. The van der Waals surface area contributed by atoms with E-state index in [-0.39, 0.29) is 12.3 Å². The zero-order valence-corrected chi connectivity index (χ0v) is 8.53. The molecule has 82 valence electrons. The topological polar surface area (TPSA) is 59.4 Å². The van der Waals surface area contributed by atoms with Crippen LogP contribution in [0, 0.1) is 11.7 Å². The lowest BCUT2D eigenvalue weighted by molar-refractivity contribution is -0.141. The first-order valence-electron chi connectivity index (χ1n) is 4.46. The van der Waals surface area contributed by atoms with E-state index in [2.05, 4.69) is 4.98 Å². The minimum Gasteiger partial charge on any atom is -0.481 e. The van der Waals surface area contributed by atoms with E-state index in [0.29, 0.717) is 5.69 Å². The Kier molecular flexibility index (Phi) is 3.60. The zero-order chi connectivity index (χ0) is 11.4. The van der Waals surface area contributed by atoms with Gasteiger partial charge >= 0.3 is 5.97 Å². The Bertz CT molecular complexity index is 368. The van der Waals surface area contributed by atoms with E-state index in [4.69, 9.17) is 9.84 Å². The maximum atomic E-state index is 13.0. The largest absolute Gasteiger partial charge is 0.481 e. The van der Waals surface area contributed by atoms with Crippen molar-refractivity contribution < 1.29 is 19.0 Å². The van der Waals surface area contributed by atoms with Crippen molar-refractivity contribution in [2.45, 2.75) is 13.3 Å². The van der Waals surface area contributed by atoms with E-state index in [1.807, 2.05) is 0 Å². The Morgan fingerprint density at radius 2 is 2.33 bits per heavy atom. The van der Waals surface area contributed by atoms with E-state index in [1.165, 1.54) is 19.2 Å². The molecule has 15 heavy (non-hydrogen) atoms. The smallest absolute Gasteiger partial charge is 0.306 e. The summed E-state index contributed by atoms with van der Waals surface area (Å²) in [5, 5.41) is 8.69. The van der Waals surface area contributed by atoms with E-state index >= 15 is 0 Å². The molecule has 1 unspecified atom stereocenters. The number of carboxylic acids is 1. The summed E-state index contributed by atoms with van der Waals surface area (Å²) in [6, 6.07) is 2.67. The van der Waals surface area contributed by atoms with Gasteiger partial charge in [0.1, 0.15) is 0 Å². The molecule has 0 radical (unpaired) electrons. The van der Waals surface area contributed by atoms with Crippen molar-refractivity contribution in [3.8, 4) is 5.88 Å². The highest BCUT2D eigenvalue weighted by atomic mass is 19.1. The van der Waals surface area contributed by atoms with Crippen molar-refractivity contribution in [1.29, 1.82) is 0 Å². The van der Waals surface area contributed by atoms with Gasteiger partial charge in [0.15, 0.2) is 5.82 Å². The third-order valence-corrected chi connectivity index (χ3v) is 2.00. The second-order valence-corrected chi connectivity index (χ2v) is 3.24. The number of hydrogen-bond acceptors (Lipinski definition) is 3. The summed E-state index contributed by atoms with van der Waals surface area (Å²) < 4.78 is 17.7. The zero-order valence-electron chi connectivity index (χ0n) is 8.53. The highest BCUT2D eigenvalue weighted by Gasteiger charge is 2.14. The number of aliphatic carboxylic acids is 1. The lowest BCUT2D eigenvalue weighted by Crippen LogP contribution is -2.13. The van der Waals surface area contributed by atoms with Crippen molar-refractivity contribution in [2.75, 3.05) is 7.11 Å². The summed E-state index contributed by atoms with van der Waals surface area (Å²) in [5.74, 6) is -2.11. The first-order valence-corrected chi connectivity index (χ1v) is 4.46. The number of carboxylic acid groups (broad SMARTS) is 1. The maximum Gasteiger partial charge on any atom is 0.306 e. The molecule has 0 saturated carbocycles. The molecular weight excluding hydrogens is 201 g/mol. The van der Waals surface area contributed by atoms with Crippen LogP contribution >= 0.6 is 0 Å². The molecule has 0 bridgehead atoms. The lowest BCUT2D eigenvalue weighted by atomic mass is 10.1. The summed E-state index contributed by atoms with van der Waals surface area (Å²) in [5.41, 5.74) is 0.503. The van der Waals surface area contributed by atoms with E-state index in [1.54, 1.807) is 6.92 Å². The predicted octanol–water partition coefficient (Wildman–Crippen LogP) is 1.49. The van der Waals surface area contributed by atoms with Crippen molar-refractivity contribution >= 4 is 5.97 Å². The van der Waals surface area contributed by atoms with Gasteiger partial charge in [-0.2, -0.15) is 0 Å². The molecule has 1 heterocycles. The SMILES string of the molecule is COc1nc(CC(C)C(=O)O)ccc1F. The van der Waals surface area contributed by atoms with E-state index < -0.39 is 17.7 Å². The van der Waals surface area contributed by atoms with Crippen molar-refractivity contribution in [1.82, 2.24) is 4.98 Å². The number of rotatable bonds is 4. The molecule has 0 aliphatic carbocycles. The van der Waals surface area contributed by atoms with Crippen molar-refractivity contribution in [3.05, 3.63) is 23.6 Å². The highest BCUT2D eigenvalue weighted by Crippen LogP contribution is 2.15. The number of pyridine rings is 1. The first-order chi connectivity index (χ1) is 7.04. The number of carbonyl (C=O) groups is 1. The maximum absolute atomic E-state index is 13.0. The molecule has 4 nitrogen and oxygen atoms in total. The lowest BCUT2D eigenvalue weighted by Gasteiger charge is -2.07. The average molecular weight is 213 g/mol. The Morgan fingerprint density at radius 1 is 1.67 bits per heavy atom. The molecule has 1 N–H and O–H groups in total. The molecule has 1 aromatic heterocycles. The first kappa shape index (κ1) is 11.4. The van der Waals surface area contributed by atoms with Gasteiger partial charge in [-0.05, 0) is 12.1 Å². The number of aromatic nitrogens is 1. The fourth-order valence-electron chi connectivity index (χ4n) is 1.12. The van der Waals surface area contributed by atoms with Crippen LogP contribution in [-0.4, -0.2) is 23.2 Å². The summed E-state index contributed by atoms with van der Waals surface area (Å²) in [7, 11) is 1.32. The van der Waals surface area contributed by atoms with Gasteiger partial charge in [0.25, 0.3) is 0 Å². The molecule has 0 aromatic carbocycles. The summed E-state index contributed by atoms with van der Waals surface area (Å²) in [6.07, 6.45) is 0.256. The van der Waals surface area contributed by atoms with Crippen LogP contribution in [-0.2, 0) is 11.2 Å². The van der Waals surface area contributed by atoms with Gasteiger partial charge in [-0.25, -0.2) is 9.37 Å². The Hall–Kier alpha value is -1.65. The second kappa shape index (κ2) is 4.72. The number of halogens is 1. The molecule has 1 rings (SSSR count). The molecule has 0 aliphatic rings. The molecule has 0 amide bonds. The second-order valence-electron chi connectivity index (χ2n) is 3.24. The van der Waals surface area contributed by atoms with Gasteiger partial charge in [0.05, 0.1) is 13.0 Å². The summed E-state index contributed by atoms with van der Waals surface area (Å²) in [4.78, 5) is 14.4. The third kappa shape index (κ3) is 2.90.